The average Bonchev–Trinajstić information content (AvgIpc) is 2.89. The van der Waals surface area contributed by atoms with E-state index in [1.54, 1.807) is 16.8 Å². The Morgan fingerprint density at radius 1 is 1.32 bits per heavy atom. The van der Waals surface area contributed by atoms with E-state index in [2.05, 4.69) is 10.3 Å². The second kappa shape index (κ2) is 7.10. The highest BCUT2D eigenvalue weighted by Gasteiger charge is 2.17. The fraction of sp³-hybridized carbons (Fsp3) is 0.571. The quantitative estimate of drug-likeness (QED) is 0.900. The molecule has 22 heavy (non-hydrogen) atoms. The van der Waals surface area contributed by atoms with Gasteiger partial charge in [0.25, 0.3) is 0 Å². The molecule has 2 heterocycles. The van der Waals surface area contributed by atoms with Crippen molar-refractivity contribution in [3.8, 4) is 0 Å². The van der Waals surface area contributed by atoms with Crippen LogP contribution in [0.4, 0.5) is 0 Å². The number of halogens is 2. The van der Waals surface area contributed by atoms with Crippen LogP contribution >= 0.6 is 23.2 Å². The molecule has 0 aliphatic carbocycles. The first-order valence-corrected chi connectivity index (χ1v) is 7.94. The summed E-state index contributed by atoms with van der Waals surface area (Å²) >= 11 is 12.0. The van der Waals surface area contributed by atoms with Crippen molar-refractivity contribution in [1.29, 1.82) is 0 Å². The molecule has 6 nitrogen and oxygen atoms in total. The van der Waals surface area contributed by atoms with Crippen molar-refractivity contribution in [2.75, 3.05) is 19.8 Å². The van der Waals surface area contributed by atoms with Crippen molar-refractivity contribution in [2.45, 2.75) is 31.6 Å². The molecular weight excluding hydrogens is 329 g/mol. The Kier molecular flexibility index (Phi) is 5.15. The Bertz CT molecular complexity index is 644. The highest BCUT2D eigenvalue weighted by atomic mass is 35.5. The maximum atomic E-state index is 10.1. The van der Waals surface area contributed by atoms with Gasteiger partial charge >= 0.3 is 0 Å². The minimum atomic E-state index is -0.665. The molecule has 1 saturated heterocycles. The molecule has 0 saturated carbocycles. The molecule has 1 aromatic carbocycles. The Morgan fingerprint density at radius 3 is 2.82 bits per heavy atom. The lowest BCUT2D eigenvalue weighted by molar-refractivity contribution is -0.0621. The van der Waals surface area contributed by atoms with Crippen LogP contribution < -0.4 is 0 Å². The highest BCUT2D eigenvalue weighted by Crippen LogP contribution is 2.26. The Hall–Kier alpha value is -0.920. The molecule has 1 fully saturated rings. The van der Waals surface area contributed by atoms with Crippen LogP contribution in [-0.4, -0.2) is 52.1 Å². The summed E-state index contributed by atoms with van der Waals surface area (Å²) in [4.78, 5) is 0. The highest BCUT2D eigenvalue weighted by molar-refractivity contribution is 6.42. The molecule has 1 atom stereocenters. The van der Waals surface area contributed by atoms with Crippen LogP contribution in [-0.2, 0) is 16.0 Å². The SMILES string of the molecule is OC(COC1CCOCC1)Cn1nnc2cc(Cl)c(Cl)cc21. The molecule has 0 bridgehead atoms. The Labute approximate surface area is 137 Å². The molecule has 1 aromatic heterocycles. The lowest BCUT2D eigenvalue weighted by Crippen LogP contribution is -2.29. The predicted octanol–water partition coefficient (Wildman–Crippen LogP) is 2.29. The molecule has 1 unspecified atom stereocenters. The van der Waals surface area contributed by atoms with E-state index in [9.17, 15) is 5.11 Å². The molecule has 3 rings (SSSR count). The van der Waals surface area contributed by atoms with Crippen molar-refractivity contribution >= 4 is 34.2 Å². The minimum Gasteiger partial charge on any atom is -0.389 e. The smallest absolute Gasteiger partial charge is 0.114 e. The van der Waals surface area contributed by atoms with E-state index in [1.165, 1.54) is 0 Å². The molecule has 1 aliphatic heterocycles. The van der Waals surface area contributed by atoms with Gasteiger partial charge in [-0.15, -0.1) is 5.10 Å². The van der Waals surface area contributed by atoms with Crippen LogP contribution in [0.25, 0.3) is 11.0 Å². The van der Waals surface area contributed by atoms with Gasteiger partial charge < -0.3 is 14.6 Å². The standard InChI is InChI=1S/C14H17Cl2N3O3/c15-11-5-13-14(6-12(11)16)19(18-17-13)7-9(20)8-22-10-1-3-21-4-2-10/h5-6,9-10,20H,1-4,7-8H2. The van der Waals surface area contributed by atoms with Crippen LogP contribution in [0.15, 0.2) is 12.1 Å². The lowest BCUT2D eigenvalue weighted by Gasteiger charge is -2.23. The molecule has 0 spiro atoms. The normalized spacial score (nSPS) is 18.0. The summed E-state index contributed by atoms with van der Waals surface area (Å²) in [6.07, 6.45) is 1.23. The van der Waals surface area contributed by atoms with Crippen LogP contribution in [0.3, 0.4) is 0 Å². The van der Waals surface area contributed by atoms with Gasteiger partial charge in [0, 0.05) is 13.2 Å². The van der Waals surface area contributed by atoms with Crippen molar-refractivity contribution < 1.29 is 14.6 Å². The summed E-state index contributed by atoms with van der Waals surface area (Å²) in [5.74, 6) is 0. The van der Waals surface area contributed by atoms with Crippen LogP contribution in [0.1, 0.15) is 12.8 Å². The zero-order chi connectivity index (χ0) is 15.5. The van der Waals surface area contributed by atoms with Crippen molar-refractivity contribution in [2.24, 2.45) is 0 Å². The zero-order valence-electron chi connectivity index (χ0n) is 11.9. The molecule has 0 amide bonds. The number of benzene rings is 1. The summed E-state index contributed by atoms with van der Waals surface area (Å²) < 4.78 is 12.6. The van der Waals surface area contributed by atoms with Crippen molar-refractivity contribution in [1.82, 2.24) is 15.0 Å². The number of aromatic nitrogens is 3. The molecule has 1 aliphatic rings. The third-order valence-electron chi connectivity index (χ3n) is 3.63. The molecule has 2 aromatic rings. The van der Waals surface area contributed by atoms with Crippen LogP contribution in [0.5, 0.6) is 0 Å². The Morgan fingerprint density at radius 2 is 2.05 bits per heavy atom. The van der Waals surface area contributed by atoms with Gasteiger partial charge in [-0.25, -0.2) is 4.68 Å². The number of fused-ring (bicyclic) bond motifs is 1. The van der Waals surface area contributed by atoms with E-state index in [1.807, 2.05) is 0 Å². The van der Waals surface area contributed by atoms with Crippen LogP contribution in [0, 0.1) is 0 Å². The van der Waals surface area contributed by atoms with E-state index in [4.69, 9.17) is 32.7 Å². The topological polar surface area (TPSA) is 69.4 Å². The lowest BCUT2D eigenvalue weighted by atomic mass is 10.1. The largest absolute Gasteiger partial charge is 0.389 e. The first-order valence-electron chi connectivity index (χ1n) is 7.19. The number of aliphatic hydroxyl groups is 1. The first-order chi connectivity index (χ1) is 10.6. The average molecular weight is 346 g/mol. The summed E-state index contributed by atoms with van der Waals surface area (Å²) in [6, 6.07) is 3.36. The summed E-state index contributed by atoms with van der Waals surface area (Å²) in [5, 5.41) is 19.1. The minimum absolute atomic E-state index is 0.157. The maximum absolute atomic E-state index is 10.1. The summed E-state index contributed by atoms with van der Waals surface area (Å²) in [5.41, 5.74) is 1.38. The summed E-state index contributed by atoms with van der Waals surface area (Å²) in [7, 11) is 0. The van der Waals surface area contributed by atoms with Gasteiger partial charge in [0.1, 0.15) is 5.52 Å². The molecule has 0 radical (unpaired) electrons. The van der Waals surface area contributed by atoms with Crippen molar-refractivity contribution in [3.63, 3.8) is 0 Å². The summed E-state index contributed by atoms with van der Waals surface area (Å²) in [6.45, 7) is 1.98. The van der Waals surface area contributed by atoms with E-state index in [-0.39, 0.29) is 19.3 Å². The van der Waals surface area contributed by atoms with E-state index >= 15 is 0 Å². The van der Waals surface area contributed by atoms with Gasteiger partial charge in [0.05, 0.1) is 40.9 Å². The van der Waals surface area contributed by atoms with Crippen molar-refractivity contribution in [3.05, 3.63) is 22.2 Å². The fourth-order valence-electron chi connectivity index (χ4n) is 2.44. The maximum Gasteiger partial charge on any atom is 0.114 e. The Balaban J connectivity index is 1.61. The zero-order valence-corrected chi connectivity index (χ0v) is 13.4. The first kappa shape index (κ1) is 16.0. The number of nitrogens with zero attached hydrogens (tertiary/aromatic N) is 3. The molecule has 1 N–H and O–H groups in total. The second-order valence-corrected chi connectivity index (χ2v) is 6.14. The third kappa shape index (κ3) is 3.70. The number of aliphatic hydroxyl groups excluding tert-OH is 1. The number of hydrogen-bond acceptors (Lipinski definition) is 5. The second-order valence-electron chi connectivity index (χ2n) is 5.33. The number of rotatable bonds is 5. The van der Waals surface area contributed by atoms with Gasteiger partial charge in [-0.1, -0.05) is 28.4 Å². The van der Waals surface area contributed by atoms with Gasteiger partial charge in [-0.05, 0) is 25.0 Å². The monoisotopic (exact) mass is 345 g/mol. The molecule has 120 valence electrons. The number of hydrogen-bond donors (Lipinski definition) is 1. The van der Waals surface area contributed by atoms with E-state index < -0.39 is 6.10 Å². The van der Waals surface area contributed by atoms with Gasteiger partial charge in [0.2, 0.25) is 0 Å². The molecular formula is C14H17Cl2N3O3. The van der Waals surface area contributed by atoms with Gasteiger partial charge in [-0.2, -0.15) is 0 Å². The fourth-order valence-corrected chi connectivity index (χ4v) is 2.76. The molecule has 8 heteroatoms. The van der Waals surface area contributed by atoms with Gasteiger partial charge in [0.15, 0.2) is 0 Å². The van der Waals surface area contributed by atoms with E-state index in [0.717, 1.165) is 18.4 Å². The van der Waals surface area contributed by atoms with Crippen LogP contribution in [0.2, 0.25) is 10.0 Å². The van der Waals surface area contributed by atoms with Gasteiger partial charge in [-0.3, -0.25) is 0 Å². The van der Waals surface area contributed by atoms with E-state index in [0.29, 0.717) is 28.8 Å². The third-order valence-corrected chi connectivity index (χ3v) is 4.35. The number of ether oxygens (including phenoxy) is 2. The predicted molar refractivity (Wildman–Crippen MR) is 83.3 cm³/mol.